The van der Waals surface area contributed by atoms with Crippen LogP contribution in [0.2, 0.25) is 0 Å². The number of ether oxygens (including phenoxy) is 3. The summed E-state index contributed by atoms with van der Waals surface area (Å²) in [6.07, 6.45) is 5.28. The summed E-state index contributed by atoms with van der Waals surface area (Å²) in [7, 11) is 4.68. The summed E-state index contributed by atoms with van der Waals surface area (Å²) < 4.78 is 15.9. The number of carbonyl (C=O) groups excluding carboxylic acids is 1. The van der Waals surface area contributed by atoms with E-state index in [0.717, 1.165) is 37.4 Å². The molecular weight excluding hydrogens is 368 g/mol. The normalized spacial score (nSPS) is 28.5. The summed E-state index contributed by atoms with van der Waals surface area (Å²) in [5.41, 5.74) is 3.96. The second-order valence-electron chi connectivity index (χ2n) is 7.82. The first-order valence-electron chi connectivity index (χ1n) is 10.1. The molecule has 2 unspecified atom stereocenters. The van der Waals surface area contributed by atoms with Crippen LogP contribution < -0.4 is 4.74 Å². The van der Waals surface area contributed by atoms with E-state index < -0.39 is 0 Å². The van der Waals surface area contributed by atoms with Crippen LogP contribution in [0.3, 0.4) is 0 Å². The molecule has 1 aromatic carbocycles. The molecule has 0 amide bonds. The van der Waals surface area contributed by atoms with Crippen molar-refractivity contribution in [2.45, 2.75) is 24.8 Å². The topological polar surface area (TPSA) is 60.4 Å². The Labute approximate surface area is 171 Å². The lowest BCUT2D eigenvalue weighted by molar-refractivity contribution is -0.137. The molecule has 0 aliphatic carbocycles. The first kappa shape index (κ1) is 19.7. The quantitative estimate of drug-likeness (QED) is 0.330. The van der Waals surface area contributed by atoms with E-state index in [1.165, 1.54) is 24.6 Å². The lowest BCUT2D eigenvalue weighted by Gasteiger charge is -2.47. The van der Waals surface area contributed by atoms with E-state index in [4.69, 9.17) is 19.2 Å². The Kier molecular flexibility index (Phi) is 5.46. The van der Waals surface area contributed by atoms with E-state index in [0.29, 0.717) is 5.57 Å². The minimum absolute atomic E-state index is 0.0202. The average molecular weight is 396 g/mol. The van der Waals surface area contributed by atoms with Crippen molar-refractivity contribution in [3.8, 4) is 5.75 Å². The van der Waals surface area contributed by atoms with Crippen molar-refractivity contribution in [2.24, 2.45) is 16.8 Å². The van der Waals surface area contributed by atoms with Crippen molar-refractivity contribution < 1.29 is 19.0 Å². The third-order valence-corrected chi connectivity index (χ3v) is 6.51. The number of rotatable bonds is 5. The number of esters is 1. The molecule has 0 radical (unpaired) electrons. The van der Waals surface area contributed by atoms with Crippen LogP contribution in [-0.2, 0) is 14.3 Å². The lowest BCUT2D eigenvalue weighted by atomic mass is 9.72. The molecule has 4 rings (SSSR count). The highest BCUT2D eigenvalue weighted by Gasteiger charge is 2.47. The van der Waals surface area contributed by atoms with Gasteiger partial charge in [0.15, 0.2) is 0 Å². The number of hydrogen-bond acceptors (Lipinski definition) is 6. The number of fused-ring (bicyclic) bond motifs is 5. The highest BCUT2D eigenvalue weighted by atomic mass is 16.5. The fraction of sp³-hybridized carbons (Fsp3) is 0.478. The summed E-state index contributed by atoms with van der Waals surface area (Å²) in [6.45, 7) is 5.86. The number of carbonyl (C=O) groups is 1. The molecule has 2 saturated heterocycles. The summed E-state index contributed by atoms with van der Waals surface area (Å²) in [5, 5.41) is 0. The van der Waals surface area contributed by atoms with Gasteiger partial charge < -0.3 is 14.2 Å². The first-order chi connectivity index (χ1) is 14.1. The molecule has 3 aliphatic rings. The lowest BCUT2D eigenvalue weighted by Crippen LogP contribution is -2.55. The van der Waals surface area contributed by atoms with Crippen LogP contribution in [0.1, 0.15) is 24.3 Å². The average Bonchev–Trinajstić information content (AvgIpc) is 3.15. The molecule has 0 spiro atoms. The Hall–Kier alpha value is -2.60. The monoisotopic (exact) mass is 396 g/mol. The molecule has 29 heavy (non-hydrogen) atoms. The summed E-state index contributed by atoms with van der Waals surface area (Å²) >= 11 is 0. The van der Waals surface area contributed by atoms with Crippen molar-refractivity contribution >= 4 is 17.4 Å². The van der Waals surface area contributed by atoms with E-state index in [-0.39, 0.29) is 29.8 Å². The maximum Gasteiger partial charge on any atom is 0.337 e. The molecule has 3 heterocycles. The summed E-state index contributed by atoms with van der Waals surface area (Å²) in [6, 6.07) is 6.24. The maximum atomic E-state index is 12.4. The largest absolute Gasteiger partial charge is 0.504 e. The summed E-state index contributed by atoms with van der Waals surface area (Å²) in [4.78, 5) is 20.0. The molecule has 0 saturated carbocycles. The van der Waals surface area contributed by atoms with E-state index in [1.807, 2.05) is 18.2 Å². The van der Waals surface area contributed by atoms with Gasteiger partial charge in [-0.05, 0) is 37.4 Å². The van der Waals surface area contributed by atoms with Crippen LogP contribution in [0.15, 0.2) is 47.7 Å². The molecule has 2 fully saturated rings. The van der Waals surface area contributed by atoms with Gasteiger partial charge in [-0.2, -0.15) is 0 Å². The Morgan fingerprint density at radius 2 is 2.14 bits per heavy atom. The fourth-order valence-electron chi connectivity index (χ4n) is 5.19. The molecule has 0 bridgehead atoms. The highest BCUT2D eigenvalue weighted by Crippen LogP contribution is 2.49. The Balaban J connectivity index is 1.68. The van der Waals surface area contributed by atoms with E-state index >= 15 is 0 Å². The van der Waals surface area contributed by atoms with Gasteiger partial charge in [-0.25, -0.2) is 4.79 Å². The van der Waals surface area contributed by atoms with Gasteiger partial charge >= 0.3 is 5.97 Å². The van der Waals surface area contributed by atoms with Gasteiger partial charge in [0, 0.05) is 35.7 Å². The maximum absolute atomic E-state index is 12.4. The zero-order chi connectivity index (χ0) is 20.5. The highest BCUT2D eigenvalue weighted by molar-refractivity contribution is 6.03. The van der Waals surface area contributed by atoms with Gasteiger partial charge in [-0.15, -0.1) is 6.58 Å². The predicted octanol–water partition coefficient (Wildman–Crippen LogP) is 3.46. The van der Waals surface area contributed by atoms with Gasteiger partial charge in [0.25, 0.3) is 0 Å². The standard InChI is InChI=1S/C23H28N2O4/c1-5-14-12-25-10-9-15-21-18(7-6-8-20(21)28-3)24-22(15)19(25)11-16(14)17(13-27-2)23(26)29-4/h5-8,13-16,19H,1,9-12H2,2-4H3/b17-13+/t14-,15?,16-,19?/m0/s1. The Morgan fingerprint density at radius 3 is 2.83 bits per heavy atom. The molecule has 1 aromatic rings. The van der Waals surface area contributed by atoms with Crippen molar-refractivity contribution in [3.63, 3.8) is 0 Å². The molecule has 4 atom stereocenters. The van der Waals surface area contributed by atoms with Crippen LogP contribution >= 0.6 is 0 Å². The Bertz CT molecular complexity index is 876. The number of hydrogen-bond donors (Lipinski definition) is 0. The van der Waals surface area contributed by atoms with Crippen molar-refractivity contribution in [2.75, 3.05) is 34.4 Å². The van der Waals surface area contributed by atoms with Gasteiger partial charge in [0.05, 0.1) is 38.9 Å². The zero-order valence-electron chi connectivity index (χ0n) is 17.3. The van der Waals surface area contributed by atoms with E-state index in [1.54, 1.807) is 14.2 Å². The number of nitrogens with zero attached hydrogens (tertiary/aromatic N) is 2. The molecular formula is C23H28N2O4. The van der Waals surface area contributed by atoms with Crippen LogP contribution in [0.25, 0.3) is 0 Å². The molecule has 6 nitrogen and oxygen atoms in total. The zero-order valence-corrected chi connectivity index (χ0v) is 17.3. The summed E-state index contributed by atoms with van der Waals surface area (Å²) in [5.74, 6) is 0.972. The smallest absolute Gasteiger partial charge is 0.337 e. The van der Waals surface area contributed by atoms with Crippen LogP contribution in [0.4, 0.5) is 5.69 Å². The number of aliphatic imine (C=N–C) groups is 1. The van der Waals surface area contributed by atoms with Crippen molar-refractivity contribution in [1.82, 2.24) is 4.90 Å². The molecule has 3 aliphatic heterocycles. The van der Waals surface area contributed by atoms with Gasteiger partial charge in [0.2, 0.25) is 0 Å². The van der Waals surface area contributed by atoms with Crippen LogP contribution in [0, 0.1) is 11.8 Å². The van der Waals surface area contributed by atoms with E-state index in [2.05, 4.69) is 17.5 Å². The number of piperidine rings is 2. The van der Waals surface area contributed by atoms with E-state index in [9.17, 15) is 4.79 Å². The molecule has 0 aromatic heterocycles. The van der Waals surface area contributed by atoms with Crippen molar-refractivity contribution in [3.05, 3.63) is 48.3 Å². The minimum Gasteiger partial charge on any atom is -0.504 e. The van der Waals surface area contributed by atoms with Crippen molar-refractivity contribution in [1.29, 1.82) is 0 Å². The third-order valence-electron chi connectivity index (χ3n) is 6.51. The van der Waals surface area contributed by atoms with Crippen LogP contribution in [-0.4, -0.2) is 57.0 Å². The van der Waals surface area contributed by atoms with Gasteiger partial charge in [-0.1, -0.05) is 12.1 Å². The first-order valence-corrected chi connectivity index (χ1v) is 10.1. The number of methoxy groups -OCH3 is 3. The third kappa shape index (κ3) is 3.25. The SMILES string of the molecule is C=C[C@H]1CN2CCC3C(=Nc4cccc(OC)c43)C2C[C@@H]1/C(=C\OC)C(=O)OC. The number of benzene rings is 1. The Morgan fingerprint density at radius 1 is 1.31 bits per heavy atom. The second kappa shape index (κ2) is 8.03. The molecule has 154 valence electrons. The fourth-order valence-corrected chi connectivity index (χ4v) is 5.19. The predicted molar refractivity (Wildman–Crippen MR) is 112 cm³/mol. The molecule has 0 N–H and O–H groups in total. The van der Waals surface area contributed by atoms with Gasteiger partial charge in [0.1, 0.15) is 5.75 Å². The molecule has 6 heteroatoms. The van der Waals surface area contributed by atoms with Gasteiger partial charge in [-0.3, -0.25) is 9.89 Å². The second-order valence-corrected chi connectivity index (χ2v) is 7.82. The minimum atomic E-state index is -0.345. The van der Waals surface area contributed by atoms with Crippen LogP contribution in [0.5, 0.6) is 5.75 Å².